The number of benzene rings is 3. The Balaban J connectivity index is 1.35. The third-order valence-corrected chi connectivity index (χ3v) is 6.43. The average Bonchev–Trinajstić information content (AvgIpc) is 2.96. The van der Waals surface area contributed by atoms with Crippen LogP contribution in [-0.4, -0.2) is 30.9 Å². The van der Waals surface area contributed by atoms with Gasteiger partial charge in [0.25, 0.3) is 0 Å². The van der Waals surface area contributed by atoms with E-state index in [0.717, 1.165) is 36.6 Å². The molecule has 0 fully saturated rings. The van der Waals surface area contributed by atoms with Gasteiger partial charge in [-0.3, -0.25) is 9.59 Å². The Morgan fingerprint density at radius 1 is 0.970 bits per heavy atom. The minimum atomic E-state index is -0.225. The Bertz CT molecular complexity index is 1190. The molecule has 2 N–H and O–H groups in total. The third kappa shape index (κ3) is 4.29. The molecule has 0 saturated heterocycles. The fraction of sp³-hybridized carbons (Fsp3) is 0.259. The van der Waals surface area contributed by atoms with E-state index in [1.165, 1.54) is 11.1 Å². The lowest BCUT2D eigenvalue weighted by Crippen LogP contribution is -2.42. The zero-order valence-electron chi connectivity index (χ0n) is 18.8. The van der Waals surface area contributed by atoms with Crippen LogP contribution >= 0.6 is 0 Å². The highest BCUT2D eigenvalue weighted by Crippen LogP contribution is 2.33. The second kappa shape index (κ2) is 8.98. The second-order valence-electron chi connectivity index (χ2n) is 8.69. The molecule has 2 aliphatic rings. The molecule has 168 valence electrons. The zero-order valence-corrected chi connectivity index (χ0v) is 18.8. The van der Waals surface area contributed by atoms with Crippen LogP contribution in [0.4, 0.5) is 22.7 Å². The lowest BCUT2D eigenvalue weighted by Gasteiger charge is -2.32. The van der Waals surface area contributed by atoms with Crippen molar-refractivity contribution in [3.63, 3.8) is 0 Å². The first kappa shape index (κ1) is 21.1. The van der Waals surface area contributed by atoms with Crippen LogP contribution in [-0.2, 0) is 22.6 Å². The number of anilines is 4. The van der Waals surface area contributed by atoms with Crippen molar-refractivity contribution in [2.24, 2.45) is 0 Å². The van der Waals surface area contributed by atoms with Crippen LogP contribution in [0.25, 0.3) is 0 Å². The monoisotopic (exact) mass is 440 g/mol. The molecule has 2 heterocycles. The summed E-state index contributed by atoms with van der Waals surface area (Å²) in [5.41, 5.74) is 6.21. The van der Waals surface area contributed by atoms with Gasteiger partial charge in [-0.25, -0.2) is 0 Å². The van der Waals surface area contributed by atoms with Crippen LogP contribution in [0.3, 0.4) is 0 Å². The number of carbonyl (C=O) groups excluding carboxylic acids is 2. The summed E-state index contributed by atoms with van der Waals surface area (Å²) in [4.78, 5) is 29.7. The number of hydrogen-bond donors (Lipinski definition) is 2. The van der Waals surface area contributed by atoms with Crippen molar-refractivity contribution < 1.29 is 9.59 Å². The standard InChI is InChI=1S/C27H28N4O2/c1-19-16-26(32)29-23-11-5-7-13-25(23)31(19)27(33)17-28-22-10-4-6-12-24(22)30-15-14-20-8-2-3-9-21(20)18-30/h2-13,19,28H,14-18H2,1H3,(H,29,32). The number of nitrogens with one attached hydrogen (secondary N) is 2. The SMILES string of the molecule is CC1CC(=O)Nc2ccccc2N1C(=O)CNc1ccccc1N1CCc2ccccc2C1. The van der Waals surface area contributed by atoms with Crippen LogP contribution in [0.1, 0.15) is 24.5 Å². The maximum Gasteiger partial charge on any atom is 0.246 e. The van der Waals surface area contributed by atoms with Gasteiger partial charge in [0.1, 0.15) is 0 Å². The summed E-state index contributed by atoms with van der Waals surface area (Å²) in [6.45, 7) is 3.86. The first-order chi connectivity index (χ1) is 16.1. The summed E-state index contributed by atoms with van der Waals surface area (Å²) in [5, 5.41) is 6.29. The quantitative estimate of drug-likeness (QED) is 0.630. The number of rotatable bonds is 4. The largest absolute Gasteiger partial charge is 0.374 e. The maximum absolute atomic E-state index is 13.4. The van der Waals surface area contributed by atoms with Crippen molar-refractivity contribution in [1.82, 2.24) is 0 Å². The fourth-order valence-corrected chi connectivity index (χ4v) is 4.82. The molecule has 6 heteroatoms. The molecule has 3 aromatic carbocycles. The molecular formula is C27H28N4O2. The van der Waals surface area contributed by atoms with Crippen LogP contribution < -0.4 is 20.4 Å². The van der Waals surface area contributed by atoms with Gasteiger partial charge in [-0.2, -0.15) is 0 Å². The zero-order chi connectivity index (χ0) is 22.8. The molecule has 0 aliphatic carbocycles. The molecule has 2 amide bonds. The van der Waals surface area contributed by atoms with E-state index in [-0.39, 0.29) is 30.8 Å². The number of nitrogens with zero attached hydrogens (tertiary/aromatic N) is 2. The van der Waals surface area contributed by atoms with Crippen LogP contribution in [0.2, 0.25) is 0 Å². The van der Waals surface area contributed by atoms with Crippen molar-refractivity contribution in [3.05, 3.63) is 83.9 Å². The predicted molar refractivity (Wildman–Crippen MR) is 133 cm³/mol. The minimum Gasteiger partial charge on any atom is -0.374 e. The lowest BCUT2D eigenvalue weighted by atomic mass is 9.99. The molecule has 2 aliphatic heterocycles. The number of fused-ring (bicyclic) bond motifs is 2. The molecule has 0 bridgehead atoms. The molecule has 5 rings (SSSR count). The van der Waals surface area contributed by atoms with Crippen molar-refractivity contribution in [2.75, 3.05) is 33.5 Å². The van der Waals surface area contributed by atoms with Gasteiger partial charge < -0.3 is 20.4 Å². The second-order valence-corrected chi connectivity index (χ2v) is 8.69. The first-order valence-corrected chi connectivity index (χ1v) is 11.5. The van der Waals surface area contributed by atoms with E-state index in [9.17, 15) is 9.59 Å². The Kier molecular flexibility index (Phi) is 5.73. The van der Waals surface area contributed by atoms with Gasteiger partial charge in [-0.05, 0) is 48.7 Å². The summed E-state index contributed by atoms with van der Waals surface area (Å²) >= 11 is 0. The number of amides is 2. The Hall–Kier alpha value is -3.80. The highest BCUT2D eigenvalue weighted by molar-refractivity contribution is 6.05. The van der Waals surface area contributed by atoms with E-state index in [1.54, 1.807) is 4.90 Å². The summed E-state index contributed by atoms with van der Waals surface area (Å²) in [7, 11) is 0. The first-order valence-electron chi connectivity index (χ1n) is 11.5. The van der Waals surface area contributed by atoms with E-state index in [0.29, 0.717) is 5.69 Å². The average molecular weight is 441 g/mol. The van der Waals surface area contributed by atoms with Crippen molar-refractivity contribution in [3.8, 4) is 0 Å². The van der Waals surface area contributed by atoms with Crippen molar-refractivity contribution in [2.45, 2.75) is 32.4 Å². The molecular weight excluding hydrogens is 412 g/mol. The summed E-state index contributed by atoms with van der Waals surface area (Å²) < 4.78 is 0. The molecule has 1 unspecified atom stereocenters. The van der Waals surface area contributed by atoms with Gasteiger partial charge in [-0.1, -0.05) is 48.5 Å². The molecule has 0 radical (unpaired) electrons. The number of hydrogen-bond acceptors (Lipinski definition) is 4. The highest BCUT2D eigenvalue weighted by Gasteiger charge is 2.29. The summed E-state index contributed by atoms with van der Waals surface area (Å²) in [6.07, 6.45) is 1.27. The highest BCUT2D eigenvalue weighted by atomic mass is 16.2. The van der Waals surface area contributed by atoms with E-state index < -0.39 is 0 Å². The van der Waals surface area contributed by atoms with Gasteiger partial charge >= 0.3 is 0 Å². The normalized spacial score (nSPS) is 17.5. The Morgan fingerprint density at radius 2 is 1.67 bits per heavy atom. The van der Waals surface area contributed by atoms with Crippen LogP contribution in [0.15, 0.2) is 72.8 Å². The fourth-order valence-electron chi connectivity index (χ4n) is 4.82. The Labute approximate surface area is 194 Å². The van der Waals surface area contributed by atoms with E-state index in [2.05, 4.69) is 45.9 Å². The molecule has 1 atom stereocenters. The maximum atomic E-state index is 13.4. The van der Waals surface area contributed by atoms with Gasteiger partial charge in [0, 0.05) is 25.6 Å². The van der Waals surface area contributed by atoms with Crippen molar-refractivity contribution in [1.29, 1.82) is 0 Å². The van der Waals surface area contributed by atoms with Gasteiger partial charge in [0.15, 0.2) is 0 Å². The topological polar surface area (TPSA) is 64.7 Å². The molecule has 0 spiro atoms. The molecule has 6 nitrogen and oxygen atoms in total. The van der Waals surface area contributed by atoms with Crippen molar-refractivity contribution >= 4 is 34.6 Å². The molecule has 33 heavy (non-hydrogen) atoms. The summed E-state index contributed by atoms with van der Waals surface area (Å²) in [5.74, 6) is -0.140. The minimum absolute atomic E-state index is 0.0646. The van der Waals surface area contributed by atoms with Gasteiger partial charge in [0.2, 0.25) is 11.8 Å². The number of para-hydroxylation sites is 4. The van der Waals surface area contributed by atoms with E-state index in [4.69, 9.17) is 0 Å². The van der Waals surface area contributed by atoms with E-state index >= 15 is 0 Å². The third-order valence-electron chi connectivity index (χ3n) is 6.43. The van der Waals surface area contributed by atoms with E-state index in [1.807, 2.05) is 49.4 Å². The lowest BCUT2D eigenvalue weighted by molar-refractivity contribution is -0.118. The molecule has 0 aromatic heterocycles. The predicted octanol–water partition coefficient (Wildman–Crippen LogP) is 4.43. The van der Waals surface area contributed by atoms with Crippen LogP contribution in [0, 0.1) is 0 Å². The van der Waals surface area contributed by atoms with Crippen LogP contribution in [0.5, 0.6) is 0 Å². The smallest absolute Gasteiger partial charge is 0.246 e. The summed E-state index contributed by atoms with van der Waals surface area (Å²) in [6, 6.07) is 24.0. The molecule has 0 saturated carbocycles. The van der Waals surface area contributed by atoms with Gasteiger partial charge in [-0.15, -0.1) is 0 Å². The van der Waals surface area contributed by atoms with Gasteiger partial charge in [0.05, 0.1) is 29.3 Å². The molecule has 3 aromatic rings. The Morgan fingerprint density at radius 3 is 2.52 bits per heavy atom. The number of carbonyl (C=O) groups is 2.